The second kappa shape index (κ2) is 4.57. The third-order valence-electron chi connectivity index (χ3n) is 1.73. The Morgan fingerprint density at radius 3 is 2.69 bits per heavy atom. The molecule has 0 saturated heterocycles. The molecule has 0 fully saturated rings. The van der Waals surface area contributed by atoms with Crippen molar-refractivity contribution in [2.75, 3.05) is 29.9 Å². The quantitative estimate of drug-likeness (QED) is 0.406. The molecular formula is C9H15N3O. The maximum Gasteiger partial charge on any atom is 0.0575 e. The summed E-state index contributed by atoms with van der Waals surface area (Å²) in [5.74, 6) is 0. The summed E-state index contributed by atoms with van der Waals surface area (Å²) in [6.07, 6.45) is 0.712. The Bertz CT molecular complexity index is 276. The van der Waals surface area contributed by atoms with Crippen molar-refractivity contribution in [1.82, 2.24) is 0 Å². The van der Waals surface area contributed by atoms with E-state index in [1.54, 1.807) is 12.1 Å². The molecule has 0 bridgehead atoms. The van der Waals surface area contributed by atoms with E-state index in [4.69, 9.17) is 16.6 Å². The molecule has 4 heteroatoms. The molecule has 72 valence electrons. The molecule has 0 spiro atoms. The van der Waals surface area contributed by atoms with E-state index < -0.39 is 0 Å². The Balaban J connectivity index is 2.56. The van der Waals surface area contributed by atoms with Crippen molar-refractivity contribution in [3.05, 3.63) is 18.2 Å². The van der Waals surface area contributed by atoms with Gasteiger partial charge in [-0.1, -0.05) is 0 Å². The normalized spacial score (nSPS) is 9.92. The topological polar surface area (TPSA) is 84.3 Å². The third-order valence-corrected chi connectivity index (χ3v) is 1.73. The van der Waals surface area contributed by atoms with Crippen molar-refractivity contribution in [3.8, 4) is 0 Å². The van der Waals surface area contributed by atoms with Gasteiger partial charge in [-0.25, -0.2) is 0 Å². The highest BCUT2D eigenvalue weighted by atomic mass is 16.3. The number of nitrogens with two attached hydrogens (primary N) is 2. The predicted octanol–water partition coefficient (Wildman–Crippen LogP) is 0.645. The van der Waals surface area contributed by atoms with Crippen LogP contribution in [0.4, 0.5) is 17.1 Å². The number of aliphatic hydroxyl groups is 1. The lowest BCUT2D eigenvalue weighted by molar-refractivity contribution is 0.292. The average Bonchev–Trinajstić information content (AvgIpc) is 2.09. The largest absolute Gasteiger partial charge is 0.399 e. The molecule has 0 unspecified atom stereocenters. The second-order valence-corrected chi connectivity index (χ2v) is 2.85. The van der Waals surface area contributed by atoms with E-state index in [2.05, 4.69) is 5.32 Å². The highest BCUT2D eigenvalue weighted by Gasteiger charge is 1.97. The molecule has 0 aliphatic carbocycles. The van der Waals surface area contributed by atoms with Crippen molar-refractivity contribution in [2.45, 2.75) is 6.42 Å². The number of aliphatic hydroxyl groups excluding tert-OH is 1. The van der Waals surface area contributed by atoms with Crippen LogP contribution < -0.4 is 16.8 Å². The van der Waals surface area contributed by atoms with E-state index in [1.165, 1.54) is 0 Å². The number of nitrogens with one attached hydrogen (secondary N) is 1. The van der Waals surface area contributed by atoms with Crippen LogP contribution >= 0.6 is 0 Å². The van der Waals surface area contributed by atoms with Gasteiger partial charge in [-0.3, -0.25) is 0 Å². The van der Waals surface area contributed by atoms with E-state index in [9.17, 15) is 0 Å². The Morgan fingerprint density at radius 1 is 1.31 bits per heavy atom. The van der Waals surface area contributed by atoms with E-state index >= 15 is 0 Å². The summed E-state index contributed by atoms with van der Waals surface area (Å²) >= 11 is 0. The van der Waals surface area contributed by atoms with Gasteiger partial charge < -0.3 is 21.9 Å². The molecule has 0 saturated carbocycles. The molecule has 4 nitrogen and oxygen atoms in total. The van der Waals surface area contributed by atoms with Gasteiger partial charge in [0, 0.05) is 18.8 Å². The van der Waals surface area contributed by atoms with Crippen LogP contribution in [0.5, 0.6) is 0 Å². The first-order chi connectivity index (χ1) is 6.24. The van der Waals surface area contributed by atoms with Gasteiger partial charge in [0.2, 0.25) is 0 Å². The predicted molar refractivity (Wildman–Crippen MR) is 55.5 cm³/mol. The zero-order chi connectivity index (χ0) is 9.68. The highest BCUT2D eigenvalue weighted by molar-refractivity contribution is 5.70. The van der Waals surface area contributed by atoms with Crippen LogP contribution in [-0.2, 0) is 0 Å². The summed E-state index contributed by atoms with van der Waals surface area (Å²) in [5, 5.41) is 11.7. The lowest BCUT2D eigenvalue weighted by Gasteiger charge is -2.08. The number of hydrogen-bond acceptors (Lipinski definition) is 4. The highest BCUT2D eigenvalue weighted by Crippen LogP contribution is 2.20. The fraction of sp³-hybridized carbons (Fsp3) is 0.333. The standard InChI is InChI=1S/C9H15N3O/c10-7-2-3-9(8(11)6-7)12-4-1-5-13/h2-3,6,12-13H,1,4-5,10-11H2. The van der Waals surface area contributed by atoms with Gasteiger partial charge in [0.05, 0.1) is 11.4 Å². The molecule has 0 aliphatic rings. The molecule has 0 heterocycles. The Kier molecular flexibility index (Phi) is 3.40. The van der Waals surface area contributed by atoms with Gasteiger partial charge in [0.1, 0.15) is 0 Å². The molecule has 0 amide bonds. The van der Waals surface area contributed by atoms with Crippen molar-refractivity contribution >= 4 is 17.1 Å². The van der Waals surface area contributed by atoms with Crippen molar-refractivity contribution in [3.63, 3.8) is 0 Å². The van der Waals surface area contributed by atoms with E-state index in [0.29, 0.717) is 24.3 Å². The monoisotopic (exact) mass is 181 g/mol. The molecule has 0 aliphatic heterocycles. The molecule has 0 atom stereocenters. The van der Waals surface area contributed by atoms with Crippen molar-refractivity contribution in [1.29, 1.82) is 0 Å². The summed E-state index contributed by atoms with van der Waals surface area (Å²) in [4.78, 5) is 0. The van der Waals surface area contributed by atoms with Crippen LogP contribution in [0.25, 0.3) is 0 Å². The summed E-state index contributed by atoms with van der Waals surface area (Å²) in [6.45, 7) is 0.895. The number of hydrogen-bond donors (Lipinski definition) is 4. The molecule has 0 aromatic heterocycles. The van der Waals surface area contributed by atoms with E-state index in [0.717, 1.165) is 5.69 Å². The molecule has 13 heavy (non-hydrogen) atoms. The second-order valence-electron chi connectivity index (χ2n) is 2.85. The zero-order valence-corrected chi connectivity index (χ0v) is 7.46. The zero-order valence-electron chi connectivity index (χ0n) is 7.46. The van der Waals surface area contributed by atoms with Crippen LogP contribution in [0.3, 0.4) is 0 Å². The van der Waals surface area contributed by atoms with Gasteiger partial charge >= 0.3 is 0 Å². The molecule has 1 aromatic carbocycles. The minimum Gasteiger partial charge on any atom is -0.399 e. The minimum atomic E-state index is 0.182. The number of benzene rings is 1. The van der Waals surface area contributed by atoms with Gasteiger partial charge in [0.25, 0.3) is 0 Å². The fourth-order valence-electron chi connectivity index (χ4n) is 1.04. The first kappa shape index (κ1) is 9.67. The molecule has 0 radical (unpaired) electrons. The van der Waals surface area contributed by atoms with Crippen LogP contribution in [-0.4, -0.2) is 18.3 Å². The SMILES string of the molecule is Nc1ccc(NCCCO)c(N)c1. The number of rotatable bonds is 4. The van der Waals surface area contributed by atoms with Gasteiger partial charge in [-0.05, 0) is 24.6 Å². The maximum absolute atomic E-state index is 8.57. The molecular weight excluding hydrogens is 166 g/mol. The van der Waals surface area contributed by atoms with Crippen LogP contribution in [0.2, 0.25) is 0 Å². The number of nitrogen functional groups attached to an aromatic ring is 2. The van der Waals surface area contributed by atoms with Crippen LogP contribution in [0.1, 0.15) is 6.42 Å². The first-order valence-electron chi connectivity index (χ1n) is 4.24. The lowest BCUT2D eigenvalue weighted by atomic mass is 10.2. The van der Waals surface area contributed by atoms with Gasteiger partial charge in [-0.2, -0.15) is 0 Å². The summed E-state index contributed by atoms with van der Waals surface area (Å²) in [7, 11) is 0. The first-order valence-corrected chi connectivity index (χ1v) is 4.24. The Hall–Kier alpha value is -1.42. The third kappa shape index (κ3) is 2.83. The summed E-state index contributed by atoms with van der Waals surface area (Å²) in [5.41, 5.74) is 13.4. The van der Waals surface area contributed by atoms with Crippen molar-refractivity contribution < 1.29 is 5.11 Å². The van der Waals surface area contributed by atoms with Crippen LogP contribution in [0, 0.1) is 0 Å². The van der Waals surface area contributed by atoms with Crippen molar-refractivity contribution in [2.24, 2.45) is 0 Å². The minimum absolute atomic E-state index is 0.182. The lowest BCUT2D eigenvalue weighted by Crippen LogP contribution is -2.05. The van der Waals surface area contributed by atoms with E-state index in [1.807, 2.05) is 6.07 Å². The summed E-state index contributed by atoms with van der Waals surface area (Å²) in [6, 6.07) is 5.33. The Labute approximate surface area is 77.6 Å². The number of anilines is 3. The molecule has 6 N–H and O–H groups in total. The van der Waals surface area contributed by atoms with Gasteiger partial charge in [-0.15, -0.1) is 0 Å². The maximum atomic E-state index is 8.57. The van der Waals surface area contributed by atoms with E-state index in [-0.39, 0.29) is 6.61 Å². The average molecular weight is 181 g/mol. The van der Waals surface area contributed by atoms with Crippen LogP contribution in [0.15, 0.2) is 18.2 Å². The summed E-state index contributed by atoms with van der Waals surface area (Å²) < 4.78 is 0. The van der Waals surface area contributed by atoms with Gasteiger partial charge in [0.15, 0.2) is 0 Å². The molecule has 1 aromatic rings. The molecule has 1 rings (SSSR count). The fourth-order valence-corrected chi connectivity index (χ4v) is 1.04. The Morgan fingerprint density at radius 2 is 2.08 bits per heavy atom. The smallest absolute Gasteiger partial charge is 0.0575 e.